The molecule has 5 nitrogen and oxygen atoms in total. The Bertz CT molecular complexity index is 242. The van der Waals surface area contributed by atoms with Gasteiger partial charge < -0.3 is 4.74 Å². The monoisotopic (exact) mass is 199 g/mol. The number of nitrogens with one attached hydrogen (secondary N) is 1. The Kier molecular flexibility index (Phi) is 6.02. The molecule has 0 saturated carbocycles. The summed E-state index contributed by atoms with van der Waals surface area (Å²) in [5.74, 6) is -0.780. The van der Waals surface area contributed by atoms with E-state index in [0.717, 1.165) is 6.42 Å². The predicted octanol–water partition coefficient (Wildman–Crippen LogP) is 0.158. The van der Waals surface area contributed by atoms with Gasteiger partial charge in [0.25, 0.3) is 11.8 Å². The zero-order chi connectivity index (χ0) is 11.0. The number of ether oxygens (including phenoxy) is 1. The van der Waals surface area contributed by atoms with Gasteiger partial charge in [0.2, 0.25) is 0 Å². The van der Waals surface area contributed by atoms with Crippen molar-refractivity contribution in [1.29, 1.82) is 0 Å². The van der Waals surface area contributed by atoms with Crippen LogP contribution in [0.25, 0.3) is 0 Å². The van der Waals surface area contributed by atoms with Crippen molar-refractivity contribution in [1.82, 2.24) is 5.32 Å². The van der Waals surface area contributed by atoms with Gasteiger partial charge in [-0.1, -0.05) is 6.92 Å². The maximum atomic E-state index is 10.2. The zero-order valence-corrected chi connectivity index (χ0v) is 8.20. The summed E-state index contributed by atoms with van der Waals surface area (Å²) in [5, 5.41) is 2.03. The minimum absolute atomic E-state index is 0.123. The standard InChI is InChI=1S/C5H10O2.C4H3NO2/c1-3-4-5(6)7-2;6-3-1-2-4(7)5-3/h3-4H2,1-2H3;1-2H,(H,5,6,7). The molecule has 0 aromatic heterocycles. The third kappa shape index (κ3) is 5.93. The largest absolute Gasteiger partial charge is 0.469 e. The van der Waals surface area contributed by atoms with E-state index in [-0.39, 0.29) is 17.8 Å². The highest BCUT2D eigenvalue weighted by molar-refractivity contribution is 6.12. The molecule has 0 atom stereocenters. The van der Waals surface area contributed by atoms with E-state index in [2.05, 4.69) is 4.74 Å². The van der Waals surface area contributed by atoms with Crippen molar-refractivity contribution in [2.24, 2.45) is 0 Å². The summed E-state index contributed by atoms with van der Waals surface area (Å²) in [6.45, 7) is 1.94. The first-order valence-corrected chi connectivity index (χ1v) is 4.20. The molecule has 0 unspecified atom stereocenters. The van der Waals surface area contributed by atoms with Crippen LogP contribution in [0.5, 0.6) is 0 Å². The lowest BCUT2D eigenvalue weighted by molar-refractivity contribution is -0.140. The van der Waals surface area contributed by atoms with Crippen molar-refractivity contribution < 1.29 is 19.1 Å². The molecule has 0 saturated heterocycles. The van der Waals surface area contributed by atoms with Crippen LogP contribution in [0.15, 0.2) is 12.2 Å². The number of carbonyl (C=O) groups is 3. The van der Waals surface area contributed by atoms with E-state index in [1.807, 2.05) is 12.2 Å². The van der Waals surface area contributed by atoms with E-state index in [1.165, 1.54) is 19.3 Å². The molecule has 0 radical (unpaired) electrons. The maximum absolute atomic E-state index is 10.2. The van der Waals surface area contributed by atoms with Gasteiger partial charge in [-0.15, -0.1) is 0 Å². The first-order chi connectivity index (χ1) is 6.60. The number of hydrogen-bond acceptors (Lipinski definition) is 4. The Hall–Kier alpha value is -1.65. The van der Waals surface area contributed by atoms with Crippen LogP contribution in [0.1, 0.15) is 19.8 Å². The fourth-order valence-electron chi connectivity index (χ4n) is 0.662. The summed E-state index contributed by atoms with van der Waals surface area (Å²) in [6.07, 6.45) is 3.80. The smallest absolute Gasteiger partial charge is 0.305 e. The highest BCUT2D eigenvalue weighted by Gasteiger charge is 2.06. The Morgan fingerprint density at radius 2 is 1.86 bits per heavy atom. The zero-order valence-electron chi connectivity index (χ0n) is 8.20. The van der Waals surface area contributed by atoms with Crippen LogP contribution in [0.2, 0.25) is 0 Å². The number of methoxy groups -OCH3 is 1. The third-order valence-electron chi connectivity index (χ3n) is 1.31. The fraction of sp³-hybridized carbons (Fsp3) is 0.444. The molecule has 0 aromatic rings. The summed E-state index contributed by atoms with van der Waals surface area (Å²) < 4.78 is 4.35. The molecule has 1 aliphatic heterocycles. The Balaban J connectivity index is 0.000000241. The number of imide groups is 1. The fourth-order valence-corrected chi connectivity index (χ4v) is 0.662. The average molecular weight is 199 g/mol. The van der Waals surface area contributed by atoms with Crippen LogP contribution in [0.3, 0.4) is 0 Å². The van der Waals surface area contributed by atoms with Crippen LogP contribution in [0.4, 0.5) is 0 Å². The molecule has 2 amide bonds. The molecule has 0 bridgehead atoms. The number of hydrogen-bond donors (Lipinski definition) is 1. The Labute approximate surface area is 82.1 Å². The van der Waals surface area contributed by atoms with Crippen molar-refractivity contribution in [2.75, 3.05) is 7.11 Å². The van der Waals surface area contributed by atoms with Gasteiger partial charge in [0.1, 0.15) is 0 Å². The quantitative estimate of drug-likeness (QED) is 0.508. The van der Waals surface area contributed by atoms with E-state index < -0.39 is 0 Å². The second-order valence-electron chi connectivity index (χ2n) is 2.51. The minimum Gasteiger partial charge on any atom is -0.469 e. The highest BCUT2D eigenvalue weighted by atomic mass is 16.5. The highest BCUT2D eigenvalue weighted by Crippen LogP contribution is 1.86. The summed E-state index contributed by atoms with van der Waals surface area (Å²) in [7, 11) is 1.40. The molecule has 1 heterocycles. The van der Waals surface area contributed by atoms with Gasteiger partial charge in [-0.25, -0.2) is 0 Å². The lowest BCUT2D eigenvalue weighted by atomic mass is 10.3. The predicted molar refractivity (Wildman–Crippen MR) is 49.2 cm³/mol. The molecule has 0 fully saturated rings. The molecule has 0 aliphatic carbocycles. The Morgan fingerprint density at radius 3 is 2.00 bits per heavy atom. The summed E-state index contributed by atoms with van der Waals surface area (Å²) in [6, 6.07) is 0. The third-order valence-corrected chi connectivity index (χ3v) is 1.31. The average Bonchev–Trinajstić information content (AvgIpc) is 2.51. The van der Waals surface area contributed by atoms with Crippen LogP contribution in [-0.2, 0) is 19.1 Å². The van der Waals surface area contributed by atoms with E-state index in [9.17, 15) is 14.4 Å². The van der Waals surface area contributed by atoms with Gasteiger partial charge in [-0.05, 0) is 6.42 Å². The SMILES string of the molecule is CCCC(=O)OC.O=C1C=CC(=O)N1. The number of esters is 1. The van der Waals surface area contributed by atoms with Crippen molar-refractivity contribution in [3.8, 4) is 0 Å². The Morgan fingerprint density at radius 1 is 1.36 bits per heavy atom. The van der Waals surface area contributed by atoms with E-state index in [0.29, 0.717) is 6.42 Å². The van der Waals surface area contributed by atoms with Gasteiger partial charge in [0, 0.05) is 18.6 Å². The number of carbonyl (C=O) groups excluding carboxylic acids is 3. The lowest BCUT2D eigenvalue weighted by Crippen LogP contribution is -2.19. The topological polar surface area (TPSA) is 72.5 Å². The van der Waals surface area contributed by atoms with Crippen LogP contribution in [-0.4, -0.2) is 24.9 Å². The van der Waals surface area contributed by atoms with Crippen molar-refractivity contribution in [3.05, 3.63) is 12.2 Å². The maximum Gasteiger partial charge on any atom is 0.305 e. The second-order valence-corrected chi connectivity index (χ2v) is 2.51. The van der Waals surface area contributed by atoms with Crippen molar-refractivity contribution in [3.63, 3.8) is 0 Å². The normalized spacial score (nSPS) is 13.0. The van der Waals surface area contributed by atoms with Crippen molar-refractivity contribution in [2.45, 2.75) is 19.8 Å². The van der Waals surface area contributed by atoms with Gasteiger partial charge >= 0.3 is 5.97 Å². The van der Waals surface area contributed by atoms with Crippen molar-refractivity contribution >= 4 is 17.8 Å². The first kappa shape index (κ1) is 12.3. The van der Waals surface area contributed by atoms with Gasteiger partial charge in [0.15, 0.2) is 0 Å². The van der Waals surface area contributed by atoms with Crippen LogP contribution >= 0.6 is 0 Å². The van der Waals surface area contributed by atoms with E-state index in [4.69, 9.17) is 0 Å². The molecule has 1 aliphatic rings. The second kappa shape index (κ2) is 6.82. The molecule has 14 heavy (non-hydrogen) atoms. The van der Waals surface area contributed by atoms with Gasteiger partial charge in [-0.2, -0.15) is 0 Å². The minimum atomic E-state index is -0.329. The van der Waals surface area contributed by atoms with Gasteiger partial charge in [-0.3, -0.25) is 19.7 Å². The molecule has 0 aromatic carbocycles. The molecule has 5 heteroatoms. The number of rotatable bonds is 2. The molecule has 1 N–H and O–H groups in total. The number of amides is 2. The van der Waals surface area contributed by atoms with E-state index in [1.54, 1.807) is 0 Å². The van der Waals surface area contributed by atoms with Gasteiger partial charge in [0.05, 0.1) is 7.11 Å². The summed E-state index contributed by atoms with van der Waals surface area (Å²) >= 11 is 0. The van der Waals surface area contributed by atoms with Crippen LogP contribution < -0.4 is 5.32 Å². The van der Waals surface area contributed by atoms with Crippen LogP contribution in [0, 0.1) is 0 Å². The molecular weight excluding hydrogens is 186 g/mol. The summed E-state index contributed by atoms with van der Waals surface area (Å²) in [4.78, 5) is 30.3. The molecular formula is C9H13NO4. The van der Waals surface area contributed by atoms with E-state index >= 15 is 0 Å². The molecule has 1 rings (SSSR count). The first-order valence-electron chi connectivity index (χ1n) is 4.20. The molecule has 78 valence electrons. The summed E-state index contributed by atoms with van der Waals surface area (Å²) in [5.41, 5.74) is 0. The molecule has 0 spiro atoms. The lowest BCUT2D eigenvalue weighted by Gasteiger charge is -1.91.